The van der Waals surface area contributed by atoms with Crippen molar-refractivity contribution in [1.82, 2.24) is 25.2 Å². The van der Waals surface area contributed by atoms with E-state index in [1.807, 2.05) is 86.3 Å². The van der Waals surface area contributed by atoms with Crippen molar-refractivity contribution in [1.29, 1.82) is 0 Å². The minimum absolute atomic E-state index is 0.0935. The lowest BCUT2D eigenvalue weighted by Gasteiger charge is -2.20. The van der Waals surface area contributed by atoms with E-state index in [0.717, 1.165) is 50.4 Å². The molecule has 3 heterocycles. The highest BCUT2D eigenvalue weighted by Gasteiger charge is 2.38. The number of fused-ring (bicyclic) bond motifs is 2. The first-order valence-corrected chi connectivity index (χ1v) is 24.9. The van der Waals surface area contributed by atoms with Crippen LogP contribution in [-0.4, -0.2) is 71.0 Å². The third-order valence-corrected chi connectivity index (χ3v) is 13.8. The van der Waals surface area contributed by atoms with Gasteiger partial charge in [-0.15, -0.1) is 0 Å². The van der Waals surface area contributed by atoms with E-state index in [1.54, 1.807) is 55.0 Å². The molecule has 9 rings (SSSR count). The summed E-state index contributed by atoms with van der Waals surface area (Å²) < 4.78 is 52.2. The number of phenols is 2. The molecule has 3 aromatic heterocycles. The standard InChI is InChI=1S/C34H32FN3O4.C28H26FN3O4/c1-21-28(15-23-16-30(41-2)33(39)31(17-23)42-3)26-12-10-24(35)18-29(26)32(21)27(11-9-22-7-6-13-36-19-22)34(40)38-20-25-8-4-5-14-37-25;1-16-21(11-17-12-23(35-4)27(33)24(13-17)36-5)20-9-8-18(29)14-22(20)25(16)26(30-2)28(34)31-15-19-7-6-10-32(19)3/h4-8,10,12-19,27,39H,9,11,20H2,1-3H3,(H,38,40);6-14,26,33H,15H2,1,3-5H3,(H,31,34)/b28-15-;21-11-. The number of halogens is 2. The second kappa shape index (κ2) is 24.5. The molecule has 78 heavy (non-hydrogen) atoms. The van der Waals surface area contributed by atoms with E-state index in [4.69, 9.17) is 25.5 Å². The van der Waals surface area contributed by atoms with Gasteiger partial charge in [0.2, 0.25) is 17.4 Å². The number of carbonyl (C=O) groups excluding carboxylic acids is 2. The third kappa shape index (κ3) is 11.8. The number of nitrogens with zero attached hydrogens (tertiary/aromatic N) is 4. The number of pyridine rings is 2. The summed E-state index contributed by atoms with van der Waals surface area (Å²) >= 11 is 0. The van der Waals surface area contributed by atoms with E-state index < -0.39 is 23.7 Å². The minimum Gasteiger partial charge on any atom is -0.502 e. The van der Waals surface area contributed by atoms with Crippen molar-refractivity contribution >= 4 is 46.3 Å². The second-order valence-corrected chi connectivity index (χ2v) is 18.5. The molecule has 2 aliphatic rings. The number of methoxy groups -OCH3 is 4. The number of benzene rings is 4. The summed E-state index contributed by atoms with van der Waals surface area (Å²) in [6.45, 7) is 12.1. The summed E-state index contributed by atoms with van der Waals surface area (Å²) in [6.07, 6.45) is 12.0. The van der Waals surface area contributed by atoms with Gasteiger partial charge in [-0.25, -0.2) is 15.4 Å². The van der Waals surface area contributed by atoms with Crippen LogP contribution >= 0.6 is 0 Å². The van der Waals surface area contributed by atoms with Crippen molar-refractivity contribution in [2.45, 2.75) is 45.8 Å². The van der Waals surface area contributed by atoms with Gasteiger partial charge in [0.15, 0.2) is 23.0 Å². The van der Waals surface area contributed by atoms with Crippen LogP contribution in [0.1, 0.15) is 70.6 Å². The molecule has 0 fully saturated rings. The third-order valence-electron chi connectivity index (χ3n) is 13.8. The molecule has 0 saturated carbocycles. The van der Waals surface area contributed by atoms with Gasteiger partial charge in [-0.05, 0) is 185 Å². The average Bonchev–Trinajstić information content (AvgIpc) is 4.19. The van der Waals surface area contributed by atoms with Crippen LogP contribution in [0.4, 0.5) is 8.78 Å². The Morgan fingerprint density at radius 2 is 1.23 bits per heavy atom. The molecule has 398 valence electrons. The van der Waals surface area contributed by atoms with E-state index >= 15 is 0 Å². The molecule has 4 aromatic carbocycles. The fourth-order valence-electron chi connectivity index (χ4n) is 9.82. The molecule has 2 atom stereocenters. The normalized spacial score (nSPS) is 14.2. The molecule has 16 heteroatoms. The average molecular weight is 1050 g/mol. The van der Waals surface area contributed by atoms with Crippen LogP contribution in [0.3, 0.4) is 0 Å². The number of rotatable bonds is 17. The Bertz CT molecular complexity index is 3510. The van der Waals surface area contributed by atoms with Crippen molar-refractivity contribution in [2.75, 3.05) is 28.4 Å². The molecular formula is C62H58F2N6O8. The number of aryl methyl sites for hydroxylation is 2. The first kappa shape index (κ1) is 54.8. The SMILES string of the molecule is COc1cc(/C=C2/C(C)=C(C(CCc3cccnc3)C(=O)NCc3ccccn3)c3cc(F)ccc32)cc(OC)c1O.[C-]#[N+]C(C(=O)NCc1cccn1C)C1=C(C)/C(=C/c2cc(OC)c(O)c(OC)c2)c2ccc(F)cc21. The molecular weight excluding hydrogens is 995 g/mol. The zero-order valence-electron chi connectivity index (χ0n) is 44.2. The van der Waals surface area contributed by atoms with Crippen LogP contribution in [-0.2, 0) is 36.1 Å². The number of hydrogen-bond acceptors (Lipinski definition) is 10. The lowest BCUT2D eigenvalue weighted by Crippen LogP contribution is -2.33. The van der Waals surface area contributed by atoms with Gasteiger partial charge in [0.1, 0.15) is 11.6 Å². The minimum atomic E-state index is -1.15. The Morgan fingerprint density at radius 1 is 0.679 bits per heavy atom. The predicted octanol–water partition coefficient (Wildman–Crippen LogP) is 11.1. The summed E-state index contributed by atoms with van der Waals surface area (Å²) in [5.41, 5.74) is 11.1. The van der Waals surface area contributed by atoms with Crippen molar-refractivity contribution < 1.29 is 47.5 Å². The Kier molecular flexibility index (Phi) is 17.2. The number of allylic oxidation sites excluding steroid dienone is 4. The second-order valence-electron chi connectivity index (χ2n) is 18.5. The Morgan fingerprint density at radius 3 is 1.72 bits per heavy atom. The molecule has 14 nitrogen and oxygen atoms in total. The van der Waals surface area contributed by atoms with Gasteiger partial charge < -0.3 is 44.4 Å². The zero-order chi connectivity index (χ0) is 55.6. The molecule has 0 saturated heterocycles. The molecule has 0 spiro atoms. The number of carbonyl (C=O) groups is 2. The van der Waals surface area contributed by atoms with E-state index in [-0.39, 0.29) is 59.3 Å². The van der Waals surface area contributed by atoms with Crippen LogP contribution in [0.25, 0.3) is 39.3 Å². The Hall–Kier alpha value is -9.49. The van der Waals surface area contributed by atoms with Gasteiger partial charge >= 0.3 is 11.9 Å². The van der Waals surface area contributed by atoms with Crippen LogP contribution in [0.15, 0.2) is 139 Å². The van der Waals surface area contributed by atoms with E-state index in [0.29, 0.717) is 46.2 Å². The number of amides is 2. The summed E-state index contributed by atoms with van der Waals surface area (Å²) in [5, 5.41) is 26.6. The molecule has 0 radical (unpaired) electrons. The molecule has 2 aliphatic carbocycles. The van der Waals surface area contributed by atoms with Crippen LogP contribution in [0, 0.1) is 24.1 Å². The van der Waals surface area contributed by atoms with Crippen molar-refractivity contribution in [3.05, 3.63) is 212 Å². The lowest BCUT2D eigenvalue weighted by atomic mass is 9.86. The number of aromatic nitrogens is 3. The Balaban J connectivity index is 0.000000208. The largest absolute Gasteiger partial charge is 0.502 e. The first-order valence-electron chi connectivity index (χ1n) is 24.9. The van der Waals surface area contributed by atoms with E-state index in [9.17, 15) is 28.6 Å². The highest BCUT2D eigenvalue weighted by molar-refractivity contribution is 6.12. The number of ether oxygens (including phenoxy) is 4. The highest BCUT2D eigenvalue weighted by atomic mass is 19.1. The van der Waals surface area contributed by atoms with E-state index in [2.05, 4.69) is 25.4 Å². The molecule has 2 amide bonds. The van der Waals surface area contributed by atoms with Gasteiger partial charge in [0.05, 0.1) is 58.7 Å². The number of phenolic OH excluding ortho intramolecular Hbond substituents is 2. The van der Waals surface area contributed by atoms with Crippen LogP contribution < -0.4 is 29.6 Å². The van der Waals surface area contributed by atoms with Gasteiger partial charge in [0.25, 0.3) is 0 Å². The van der Waals surface area contributed by atoms with Gasteiger partial charge in [-0.1, -0.05) is 24.3 Å². The summed E-state index contributed by atoms with van der Waals surface area (Å²) in [7, 11) is 7.70. The fourth-order valence-corrected chi connectivity index (χ4v) is 9.82. The lowest BCUT2D eigenvalue weighted by molar-refractivity contribution is -0.123. The summed E-state index contributed by atoms with van der Waals surface area (Å²) in [4.78, 5) is 39.2. The molecule has 0 bridgehead atoms. The smallest absolute Gasteiger partial charge is 0.326 e. The van der Waals surface area contributed by atoms with Crippen LogP contribution in [0.5, 0.6) is 34.5 Å². The summed E-state index contributed by atoms with van der Waals surface area (Å²) in [6, 6.07) is 27.8. The number of aromatic hydroxyl groups is 2. The van der Waals surface area contributed by atoms with E-state index in [1.165, 1.54) is 52.7 Å². The molecule has 0 aliphatic heterocycles. The predicted molar refractivity (Wildman–Crippen MR) is 296 cm³/mol. The maximum atomic E-state index is 14.7. The molecule has 4 N–H and O–H groups in total. The highest BCUT2D eigenvalue weighted by Crippen LogP contribution is 2.49. The van der Waals surface area contributed by atoms with Crippen molar-refractivity contribution in [3.8, 4) is 34.5 Å². The zero-order valence-corrected chi connectivity index (χ0v) is 44.2. The molecule has 7 aromatic rings. The van der Waals surface area contributed by atoms with Crippen molar-refractivity contribution in [2.24, 2.45) is 13.0 Å². The summed E-state index contributed by atoms with van der Waals surface area (Å²) in [5.74, 6) is -1.23. The number of hydrogen-bond donors (Lipinski definition) is 4. The first-order chi connectivity index (χ1) is 37.7. The Labute approximate surface area is 451 Å². The fraction of sp³-hybridized carbons (Fsp3) is 0.210. The maximum absolute atomic E-state index is 14.7. The van der Waals surface area contributed by atoms with Gasteiger partial charge in [-0.2, -0.15) is 0 Å². The number of nitrogens with one attached hydrogen (secondary N) is 2. The maximum Gasteiger partial charge on any atom is 0.326 e. The monoisotopic (exact) mass is 1050 g/mol. The molecule has 2 unspecified atom stereocenters. The van der Waals surface area contributed by atoms with Gasteiger partial charge in [-0.3, -0.25) is 24.4 Å². The topological polar surface area (TPSA) is 171 Å². The van der Waals surface area contributed by atoms with Crippen LogP contribution in [0.2, 0.25) is 0 Å². The van der Waals surface area contributed by atoms with Gasteiger partial charge in [0, 0.05) is 37.5 Å². The quantitative estimate of drug-likeness (QED) is 0.0644. The van der Waals surface area contributed by atoms with Crippen molar-refractivity contribution in [3.63, 3.8) is 0 Å².